The molecule has 0 heterocycles. The van der Waals surface area contributed by atoms with Crippen LogP contribution in [0, 0.1) is 5.82 Å². The van der Waals surface area contributed by atoms with Crippen LogP contribution < -0.4 is 10.0 Å². The van der Waals surface area contributed by atoms with E-state index in [0.29, 0.717) is 10.8 Å². The van der Waals surface area contributed by atoms with Crippen molar-refractivity contribution in [3.63, 3.8) is 0 Å². The van der Waals surface area contributed by atoms with Crippen LogP contribution >= 0.6 is 23.4 Å². The summed E-state index contributed by atoms with van der Waals surface area (Å²) in [6.07, 6.45) is 2.11. The van der Waals surface area contributed by atoms with Crippen molar-refractivity contribution in [3.8, 4) is 0 Å². The standard InChI is InChI=1S/C19H22ClFN2O3S2/c1-13(14-7-3-4-8-15(14)20)22-19(24)17(11-12-27-2)23-28(25,26)18-10-6-5-9-16(18)21/h3-10,13,17,23H,11-12H2,1-2H3,(H,22,24). The quantitative estimate of drug-likeness (QED) is 0.617. The molecule has 0 aromatic heterocycles. The van der Waals surface area contributed by atoms with Crippen molar-refractivity contribution >= 4 is 39.3 Å². The molecule has 1 amide bonds. The highest BCUT2D eigenvalue weighted by atomic mass is 35.5. The topological polar surface area (TPSA) is 75.3 Å². The van der Waals surface area contributed by atoms with Gasteiger partial charge in [0.1, 0.15) is 16.8 Å². The van der Waals surface area contributed by atoms with Crippen molar-refractivity contribution in [1.29, 1.82) is 0 Å². The van der Waals surface area contributed by atoms with Crippen molar-refractivity contribution in [3.05, 3.63) is 64.9 Å². The smallest absolute Gasteiger partial charge is 0.244 e. The van der Waals surface area contributed by atoms with Gasteiger partial charge in [-0.3, -0.25) is 4.79 Å². The number of carbonyl (C=O) groups excluding carboxylic acids is 1. The van der Waals surface area contributed by atoms with Crippen LogP contribution in [-0.4, -0.2) is 32.4 Å². The zero-order chi connectivity index (χ0) is 20.7. The van der Waals surface area contributed by atoms with E-state index in [9.17, 15) is 17.6 Å². The summed E-state index contributed by atoms with van der Waals surface area (Å²) in [4.78, 5) is 12.3. The number of hydrogen-bond donors (Lipinski definition) is 2. The lowest BCUT2D eigenvalue weighted by Gasteiger charge is -2.22. The van der Waals surface area contributed by atoms with Gasteiger partial charge in [0.05, 0.1) is 6.04 Å². The highest BCUT2D eigenvalue weighted by molar-refractivity contribution is 7.98. The van der Waals surface area contributed by atoms with Gasteiger partial charge in [-0.1, -0.05) is 41.9 Å². The first-order valence-corrected chi connectivity index (χ1v) is 11.8. The summed E-state index contributed by atoms with van der Waals surface area (Å²) in [5.41, 5.74) is 0.720. The average molecular weight is 445 g/mol. The van der Waals surface area contributed by atoms with E-state index in [1.807, 2.05) is 6.26 Å². The lowest BCUT2D eigenvalue weighted by Crippen LogP contribution is -2.47. The SMILES string of the molecule is CSCCC(NS(=O)(=O)c1ccccc1F)C(=O)NC(C)c1ccccc1Cl. The van der Waals surface area contributed by atoms with Gasteiger partial charge in [-0.15, -0.1) is 0 Å². The molecule has 2 unspecified atom stereocenters. The van der Waals surface area contributed by atoms with E-state index < -0.39 is 38.7 Å². The van der Waals surface area contributed by atoms with E-state index in [4.69, 9.17) is 11.6 Å². The van der Waals surface area contributed by atoms with Crippen LogP contribution in [0.25, 0.3) is 0 Å². The Morgan fingerprint density at radius 2 is 1.82 bits per heavy atom. The van der Waals surface area contributed by atoms with Crippen LogP contribution in [0.3, 0.4) is 0 Å². The Kier molecular flexibility index (Phi) is 8.30. The fourth-order valence-corrected chi connectivity index (χ4v) is 4.69. The summed E-state index contributed by atoms with van der Waals surface area (Å²) in [5.74, 6) is -0.817. The van der Waals surface area contributed by atoms with Crippen molar-refractivity contribution in [2.75, 3.05) is 12.0 Å². The summed E-state index contributed by atoms with van der Waals surface area (Å²) in [6, 6.07) is 10.7. The Bertz CT molecular complexity index is 925. The molecule has 2 N–H and O–H groups in total. The van der Waals surface area contributed by atoms with Gasteiger partial charge in [0.2, 0.25) is 15.9 Å². The Balaban J connectivity index is 2.19. The van der Waals surface area contributed by atoms with E-state index in [1.54, 1.807) is 31.2 Å². The molecular formula is C19H22ClFN2O3S2. The third-order valence-corrected chi connectivity index (χ3v) is 6.57. The number of halogens is 2. The molecule has 0 saturated carbocycles. The van der Waals surface area contributed by atoms with Crippen molar-refractivity contribution in [2.45, 2.75) is 30.3 Å². The molecule has 28 heavy (non-hydrogen) atoms. The Hall–Kier alpha value is -1.61. The van der Waals surface area contributed by atoms with Crippen molar-refractivity contribution < 1.29 is 17.6 Å². The molecule has 0 radical (unpaired) electrons. The van der Waals surface area contributed by atoms with Gasteiger partial charge < -0.3 is 5.32 Å². The number of benzene rings is 2. The number of thioether (sulfide) groups is 1. The Labute approximate surface area is 174 Å². The van der Waals surface area contributed by atoms with E-state index in [1.165, 1.54) is 23.9 Å². The average Bonchev–Trinajstić information content (AvgIpc) is 2.65. The Morgan fingerprint density at radius 1 is 1.18 bits per heavy atom. The van der Waals surface area contributed by atoms with Gasteiger partial charge in [0.15, 0.2) is 0 Å². The summed E-state index contributed by atoms with van der Waals surface area (Å²) in [6.45, 7) is 1.76. The molecule has 0 spiro atoms. The molecule has 5 nitrogen and oxygen atoms in total. The first-order valence-electron chi connectivity index (χ1n) is 8.57. The minimum atomic E-state index is -4.20. The third-order valence-electron chi connectivity index (χ3n) is 4.08. The molecule has 0 aliphatic heterocycles. The minimum absolute atomic E-state index is 0.260. The predicted octanol–water partition coefficient (Wildman–Crippen LogP) is 3.76. The lowest BCUT2D eigenvalue weighted by molar-refractivity contribution is -0.123. The molecule has 2 rings (SSSR count). The fraction of sp³-hybridized carbons (Fsp3) is 0.316. The second-order valence-corrected chi connectivity index (χ2v) is 9.21. The third kappa shape index (κ3) is 5.94. The number of nitrogens with one attached hydrogen (secondary N) is 2. The first-order chi connectivity index (χ1) is 13.3. The van der Waals surface area contributed by atoms with Gasteiger partial charge in [-0.05, 0) is 49.1 Å². The summed E-state index contributed by atoms with van der Waals surface area (Å²) in [7, 11) is -4.20. The van der Waals surface area contributed by atoms with Crippen molar-refractivity contribution in [2.24, 2.45) is 0 Å². The number of sulfonamides is 1. The molecule has 0 fully saturated rings. The fourth-order valence-electron chi connectivity index (χ4n) is 2.61. The monoisotopic (exact) mass is 444 g/mol. The normalized spacial score (nSPS) is 13.7. The van der Waals surface area contributed by atoms with Gasteiger partial charge >= 0.3 is 0 Å². The Morgan fingerprint density at radius 3 is 2.46 bits per heavy atom. The molecule has 2 aromatic carbocycles. The maximum absolute atomic E-state index is 13.9. The zero-order valence-electron chi connectivity index (χ0n) is 15.5. The van der Waals surface area contributed by atoms with Gasteiger partial charge in [-0.2, -0.15) is 16.5 Å². The van der Waals surface area contributed by atoms with Crippen LogP contribution in [0.4, 0.5) is 4.39 Å². The minimum Gasteiger partial charge on any atom is -0.348 e. The van der Waals surface area contributed by atoms with Gasteiger partial charge in [0.25, 0.3) is 0 Å². The molecule has 2 atom stereocenters. The van der Waals surface area contributed by atoms with Crippen LogP contribution in [0.1, 0.15) is 24.9 Å². The maximum Gasteiger partial charge on any atom is 0.244 e. The second-order valence-electron chi connectivity index (χ2n) is 6.14. The molecule has 0 bridgehead atoms. The molecule has 2 aromatic rings. The molecule has 9 heteroatoms. The molecule has 0 saturated heterocycles. The van der Waals surface area contributed by atoms with Crippen LogP contribution in [0.5, 0.6) is 0 Å². The maximum atomic E-state index is 13.9. The number of hydrogen-bond acceptors (Lipinski definition) is 4. The van der Waals surface area contributed by atoms with Crippen LogP contribution in [0.2, 0.25) is 5.02 Å². The summed E-state index contributed by atoms with van der Waals surface area (Å²) < 4.78 is 41.4. The predicted molar refractivity (Wildman–Crippen MR) is 112 cm³/mol. The highest BCUT2D eigenvalue weighted by Crippen LogP contribution is 2.22. The lowest BCUT2D eigenvalue weighted by atomic mass is 10.1. The van der Waals surface area contributed by atoms with E-state index in [0.717, 1.165) is 17.7 Å². The van der Waals surface area contributed by atoms with Crippen LogP contribution in [-0.2, 0) is 14.8 Å². The first kappa shape index (κ1) is 22.7. The molecule has 152 valence electrons. The van der Waals surface area contributed by atoms with Gasteiger partial charge in [-0.25, -0.2) is 12.8 Å². The second kappa shape index (κ2) is 10.2. The van der Waals surface area contributed by atoms with E-state index in [2.05, 4.69) is 10.0 Å². The number of amides is 1. The van der Waals surface area contributed by atoms with Gasteiger partial charge in [0, 0.05) is 5.02 Å². The van der Waals surface area contributed by atoms with Crippen molar-refractivity contribution in [1.82, 2.24) is 10.0 Å². The summed E-state index contributed by atoms with van der Waals surface area (Å²) >= 11 is 7.64. The molecule has 0 aliphatic carbocycles. The molecular weight excluding hydrogens is 423 g/mol. The van der Waals surface area contributed by atoms with E-state index >= 15 is 0 Å². The number of rotatable bonds is 9. The summed E-state index contributed by atoms with van der Waals surface area (Å²) in [5, 5.41) is 3.28. The van der Waals surface area contributed by atoms with E-state index in [-0.39, 0.29) is 6.42 Å². The largest absolute Gasteiger partial charge is 0.348 e. The zero-order valence-corrected chi connectivity index (χ0v) is 17.9. The van der Waals surface area contributed by atoms with Crippen LogP contribution in [0.15, 0.2) is 53.4 Å². The number of carbonyl (C=O) groups is 1. The highest BCUT2D eigenvalue weighted by Gasteiger charge is 2.28. The molecule has 0 aliphatic rings.